The Morgan fingerprint density at radius 2 is 1.91 bits per heavy atom. The van der Waals surface area contributed by atoms with Gasteiger partial charge in [0, 0.05) is 6.20 Å². The molecule has 0 unspecified atom stereocenters. The Kier molecular flexibility index (Phi) is 5.62. The van der Waals surface area contributed by atoms with Gasteiger partial charge in [0.1, 0.15) is 5.52 Å². The Balaban J connectivity index is 1.96. The number of alkyl halides is 3. The number of rotatable bonds is 4. The number of allylic oxidation sites excluding steroid dienone is 2. The highest BCUT2D eigenvalue weighted by molar-refractivity contribution is 5.91. The standard InChI is InChI=1S/C23H23F3N4O2/c1-22(2,12-31)30-13-28-20-16(21(30)32)10-18(29-19(20)14-6-4-3-5-7-14)17-9-8-15(11-27-17)23(24,25)26/h6,8-11,13,31H,3-5,7,12H2,1-2H3. The fraction of sp³-hybridized carbons (Fsp3) is 0.391. The molecule has 1 N–H and O–H groups in total. The van der Waals surface area contributed by atoms with Crippen LogP contribution >= 0.6 is 0 Å². The molecule has 0 fully saturated rings. The average Bonchev–Trinajstić information content (AvgIpc) is 2.78. The second kappa shape index (κ2) is 8.12. The molecule has 0 aromatic carbocycles. The molecule has 6 nitrogen and oxygen atoms in total. The molecule has 0 saturated carbocycles. The van der Waals surface area contributed by atoms with Gasteiger partial charge < -0.3 is 5.11 Å². The van der Waals surface area contributed by atoms with Crippen molar-refractivity contribution in [3.05, 3.63) is 58.4 Å². The number of fused-ring (bicyclic) bond motifs is 1. The second-order valence-electron chi connectivity index (χ2n) is 8.55. The number of aliphatic hydroxyl groups is 1. The van der Waals surface area contributed by atoms with Crippen LogP contribution in [0.15, 0.2) is 41.6 Å². The lowest BCUT2D eigenvalue weighted by Crippen LogP contribution is -2.39. The molecule has 4 rings (SSSR count). The third kappa shape index (κ3) is 4.04. The van der Waals surface area contributed by atoms with E-state index >= 15 is 0 Å². The van der Waals surface area contributed by atoms with E-state index in [1.54, 1.807) is 13.8 Å². The first kappa shape index (κ1) is 22.1. The second-order valence-corrected chi connectivity index (χ2v) is 8.55. The van der Waals surface area contributed by atoms with E-state index in [4.69, 9.17) is 0 Å². The summed E-state index contributed by atoms with van der Waals surface area (Å²) >= 11 is 0. The first-order chi connectivity index (χ1) is 15.1. The van der Waals surface area contributed by atoms with E-state index in [0.717, 1.165) is 43.5 Å². The summed E-state index contributed by atoms with van der Waals surface area (Å²) in [6, 6.07) is 3.71. The van der Waals surface area contributed by atoms with Gasteiger partial charge in [-0.05, 0) is 63.3 Å². The van der Waals surface area contributed by atoms with Crippen LogP contribution in [0, 0.1) is 0 Å². The third-order valence-electron chi connectivity index (χ3n) is 5.73. The van der Waals surface area contributed by atoms with E-state index in [1.807, 2.05) is 0 Å². The number of aliphatic hydroxyl groups excluding tert-OH is 1. The van der Waals surface area contributed by atoms with Gasteiger partial charge in [0.15, 0.2) is 0 Å². The van der Waals surface area contributed by atoms with Crippen LogP contribution in [0.4, 0.5) is 13.2 Å². The molecule has 9 heteroatoms. The van der Waals surface area contributed by atoms with Crippen molar-refractivity contribution >= 4 is 16.5 Å². The predicted molar refractivity (Wildman–Crippen MR) is 115 cm³/mol. The van der Waals surface area contributed by atoms with Crippen molar-refractivity contribution in [3.8, 4) is 11.4 Å². The lowest BCUT2D eigenvalue weighted by molar-refractivity contribution is -0.137. The lowest BCUT2D eigenvalue weighted by atomic mass is 9.95. The normalized spacial score (nSPS) is 15.1. The smallest absolute Gasteiger partial charge is 0.394 e. The van der Waals surface area contributed by atoms with Crippen molar-refractivity contribution in [2.45, 2.75) is 51.2 Å². The highest BCUT2D eigenvalue weighted by Gasteiger charge is 2.31. The molecule has 0 aliphatic heterocycles. The van der Waals surface area contributed by atoms with Crippen molar-refractivity contribution in [1.82, 2.24) is 19.5 Å². The molecule has 3 aromatic heterocycles. The van der Waals surface area contributed by atoms with Gasteiger partial charge in [-0.2, -0.15) is 13.2 Å². The van der Waals surface area contributed by atoms with Crippen molar-refractivity contribution < 1.29 is 18.3 Å². The fourth-order valence-corrected chi connectivity index (χ4v) is 3.76. The minimum atomic E-state index is -4.49. The molecule has 0 radical (unpaired) electrons. The Labute approximate surface area is 182 Å². The summed E-state index contributed by atoms with van der Waals surface area (Å²) in [6.07, 6.45) is 3.45. The van der Waals surface area contributed by atoms with E-state index in [-0.39, 0.29) is 23.2 Å². The van der Waals surface area contributed by atoms with E-state index in [0.29, 0.717) is 16.9 Å². The van der Waals surface area contributed by atoms with Crippen LogP contribution < -0.4 is 5.56 Å². The van der Waals surface area contributed by atoms with Crippen LogP contribution in [0.25, 0.3) is 27.9 Å². The monoisotopic (exact) mass is 444 g/mol. The van der Waals surface area contributed by atoms with Crippen LogP contribution in [0.5, 0.6) is 0 Å². The maximum Gasteiger partial charge on any atom is 0.417 e. The molecule has 32 heavy (non-hydrogen) atoms. The number of hydrogen-bond donors (Lipinski definition) is 1. The Bertz CT molecular complexity index is 1250. The van der Waals surface area contributed by atoms with Crippen LogP contribution in [0.1, 0.15) is 50.8 Å². The molecule has 168 valence electrons. The van der Waals surface area contributed by atoms with Crippen molar-refractivity contribution in [3.63, 3.8) is 0 Å². The highest BCUT2D eigenvalue weighted by Crippen LogP contribution is 2.33. The maximum absolute atomic E-state index is 13.3. The number of pyridine rings is 2. The van der Waals surface area contributed by atoms with Gasteiger partial charge in [-0.25, -0.2) is 9.97 Å². The molecule has 3 aromatic rings. The van der Waals surface area contributed by atoms with Crippen LogP contribution in [-0.2, 0) is 11.7 Å². The zero-order valence-corrected chi connectivity index (χ0v) is 17.8. The maximum atomic E-state index is 13.3. The summed E-state index contributed by atoms with van der Waals surface area (Å²) in [6.45, 7) is 3.16. The van der Waals surface area contributed by atoms with Crippen molar-refractivity contribution in [2.24, 2.45) is 0 Å². The van der Waals surface area contributed by atoms with Gasteiger partial charge in [-0.3, -0.25) is 14.3 Å². The Morgan fingerprint density at radius 1 is 1.12 bits per heavy atom. The van der Waals surface area contributed by atoms with Gasteiger partial charge in [-0.1, -0.05) is 6.08 Å². The molecule has 0 spiro atoms. The van der Waals surface area contributed by atoms with Gasteiger partial charge in [-0.15, -0.1) is 0 Å². The minimum absolute atomic E-state index is 0.230. The zero-order valence-electron chi connectivity index (χ0n) is 17.8. The molecule has 0 bridgehead atoms. The van der Waals surface area contributed by atoms with Crippen LogP contribution in [0.2, 0.25) is 0 Å². The topological polar surface area (TPSA) is 80.9 Å². The molecule has 0 atom stereocenters. The molecular weight excluding hydrogens is 421 g/mol. The molecule has 0 saturated heterocycles. The van der Waals surface area contributed by atoms with Gasteiger partial charge in [0.05, 0.1) is 46.5 Å². The number of aromatic nitrogens is 4. The molecule has 3 heterocycles. The molecule has 0 amide bonds. The average molecular weight is 444 g/mol. The summed E-state index contributed by atoms with van der Waals surface area (Å²) in [5.74, 6) is 0. The minimum Gasteiger partial charge on any atom is -0.394 e. The Hall–Kier alpha value is -3.07. The summed E-state index contributed by atoms with van der Waals surface area (Å²) in [7, 11) is 0. The fourth-order valence-electron chi connectivity index (χ4n) is 3.76. The van der Waals surface area contributed by atoms with E-state index in [2.05, 4.69) is 21.0 Å². The summed E-state index contributed by atoms with van der Waals surface area (Å²) in [4.78, 5) is 26.4. The van der Waals surface area contributed by atoms with Crippen LogP contribution in [-0.4, -0.2) is 31.2 Å². The Morgan fingerprint density at radius 3 is 2.50 bits per heavy atom. The van der Waals surface area contributed by atoms with Gasteiger partial charge in [0.2, 0.25) is 0 Å². The summed E-state index contributed by atoms with van der Waals surface area (Å²) < 4.78 is 40.2. The zero-order chi connectivity index (χ0) is 23.1. The van der Waals surface area contributed by atoms with E-state index < -0.39 is 17.3 Å². The largest absolute Gasteiger partial charge is 0.417 e. The van der Waals surface area contributed by atoms with Gasteiger partial charge in [0.25, 0.3) is 5.56 Å². The quantitative estimate of drug-likeness (QED) is 0.638. The van der Waals surface area contributed by atoms with Crippen LogP contribution in [0.3, 0.4) is 0 Å². The summed E-state index contributed by atoms with van der Waals surface area (Å²) in [5, 5.41) is 10.00. The van der Waals surface area contributed by atoms with E-state index in [1.165, 1.54) is 23.0 Å². The van der Waals surface area contributed by atoms with Gasteiger partial charge >= 0.3 is 6.18 Å². The molecule has 1 aliphatic rings. The first-order valence-corrected chi connectivity index (χ1v) is 10.4. The highest BCUT2D eigenvalue weighted by atomic mass is 19.4. The van der Waals surface area contributed by atoms with Crippen molar-refractivity contribution in [2.75, 3.05) is 6.61 Å². The number of hydrogen-bond acceptors (Lipinski definition) is 5. The van der Waals surface area contributed by atoms with E-state index in [9.17, 15) is 23.1 Å². The third-order valence-corrected chi connectivity index (χ3v) is 5.73. The number of halogens is 3. The lowest BCUT2D eigenvalue weighted by Gasteiger charge is -2.25. The first-order valence-electron chi connectivity index (χ1n) is 10.4. The SMILES string of the molecule is CC(C)(CO)n1cnc2c(C3=CCCCC3)nc(-c3ccc(C(F)(F)F)cn3)cc2c1=O. The van der Waals surface area contributed by atoms with Crippen molar-refractivity contribution in [1.29, 1.82) is 0 Å². The summed E-state index contributed by atoms with van der Waals surface area (Å²) in [5.41, 5.74) is 0.376. The predicted octanol–water partition coefficient (Wildman–Crippen LogP) is 4.56. The number of nitrogens with zero attached hydrogens (tertiary/aromatic N) is 4. The molecular formula is C23H23F3N4O2. The molecule has 1 aliphatic carbocycles.